The second-order valence-electron chi connectivity index (χ2n) is 9.42. The SMILES string of the molecule is CC(C)Cn1cc(C(=O)N2CCN(c3ccccc3F)CC2)c2c3ccccc3n(C)c2c1=O. The maximum atomic E-state index is 14.2. The van der Waals surface area contributed by atoms with Gasteiger partial charge in [-0.1, -0.05) is 44.2 Å². The van der Waals surface area contributed by atoms with E-state index in [1.54, 1.807) is 22.9 Å². The predicted molar refractivity (Wildman–Crippen MR) is 134 cm³/mol. The number of benzene rings is 2. The lowest BCUT2D eigenvalue weighted by Crippen LogP contribution is -2.49. The highest BCUT2D eigenvalue weighted by molar-refractivity contribution is 6.17. The van der Waals surface area contributed by atoms with Crippen molar-refractivity contribution in [2.75, 3.05) is 31.1 Å². The third kappa shape index (κ3) is 3.65. The highest BCUT2D eigenvalue weighted by Crippen LogP contribution is 2.30. The molecule has 5 rings (SSSR count). The molecule has 6 nitrogen and oxygen atoms in total. The summed E-state index contributed by atoms with van der Waals surface area (Å²) in [5, 5.41) is 1.62. The normalized spacial score (nSPS) is 14.5. The van der Waals surface area contributed by atoms with Gasteiger partial charge in [0.15, 0.2) is 0 Å². The predicted octanol–water partition coefficient (Wildman–Crippen LogP) is 4.25. The summed E-state index contributed by atoms with van der Waals surface area (Å²) in [6.07, 6.45) is 1.74. The average Bonchev–Trinajstić information content (AvgIpc) is 3.14. The molecule has 34 heavy (non-hydrogen) atoms. The molecule has 0 atom stereocenters. The van der Waals surface area contributed by atoms with Crippen LogP contribution in [0.1, 0.15) is 24.2 Å². The second kappa shape index (κ2) is 8.63. The van der Waals surface area contributed by atoms with Crippen molar-refractivity contribution in [2.45, 2.75) is 20.4 Å². The van der Waals surface area contributed by atoms with Gasteiger partial charge in [-0.2, -0.15) is 0 Å². The van der Waals surface area contributed by atoms with E-state index in [9.17, 15) is 14.0 Å². The number of fused-ring (bicyclic) bond motifs is 3. The fourth-order valence-corrected chi connectivity index (χ4v) is 5.05. The summed E-state index contributed by atoms with van der Waals surface area (Å²) >= 11 is 0. The van der Waals surface area contributed by atoms with Crippen LogP contribution in [0.25, 0.3) is 21.8 Å². The Hall–Kier alpha value is -3.61. The molecule has 3 heterocycles. The van der Waals surface area contributed by atoms with Gasteiger partial charge in [0.1, 0.15) is 11.3 Å². The van der Waals surface area contributed by atoms with E-state index in [-0.39, 0.29) is 23.2 Å². The lowest BCUT2D eigenvalue weighted by molar-refractivity contribution is 0.0747. The highest BCUT2D eigenvalue weighted by Gasteiger charge is 2.28. The Morgan fingerprint density at radius 3 is 2.38 bits per heavy atom. The number of pyridine rings is 1. The zero-order chi connectivity index (χ0) is 24.0. The highest BCUT2D eigenvalue weighted by atomic mass is 19.1. The molecular weight excluding hydrogens is 431 g/mol. The molecule has 0 radical (unpaired) electrons. The molecule has 0 unspecified atom stereocenters. The number of aryl methyl sites for hydroxylation is 1. The van der Waals surface area contributed by atoms with Gasteiger partial charge in [0.25, 0.3) is 11.5 Å². The molecule has 1 amide bonds. The zero-order valence-corrected chi connectivity index (χ0v) is 19.8. The van der Waals surface area contributed by atoms with Crippen molar-refractivity contribution in [2.24, 2.45) is 13.0 Å². The van der Waals surface area contributed by atoms with Gasteiger partial charge in [0.05, 0.1) is 11.3 Å². The van der Waals surface area contributed by atoms with E-state index in [1.165, 1.54) is 6.07 Å². The van der Waals surface area contributed by atoms with Crippen LogP contribution in [0.15, 0.2) is 59.5 Å². The van der Waals surface area contributed by atoms with E-state index in [0.29, 0.717) is 54.9 Å². The summed E-state index contributed by atoms with van der Waals surface area (Å²) in [6.45, 7) is 6.74. The number of aromatic nitrogens is 2. The third-order valence-electron chi connectivity index (χ3n) is 6.68. The van der Waals surface area contributed by atoms with Gasteiger partial charge in [-0.25, -0.2) is 4.39 Å². The van der Waals surface area contributed by atoms with E-state index < -0.39 is 0 Å². The first kappa shape index (κ1) is 22.2. The van der Waals surface area contributed by atoms with Gasteiger partial charge in [0.2, 0.25) is 0 Å². The van der Waals surface area contributed by atoms with Crippen molar-refractivity contribution in [3.05, 3.63) is 76.5 Å². The topological polar surface area (TPSA) is 50.5 Å². The number of anilines is 1. The zero-order valence-electron chi connectivity index (χ0n) is 19.8. The molecule has 4 aromatic rings. The molecule has 0 aliphatic carbocycles. The fourth-order valence-electron chi connectivity index (χ4n) is 5.05. The third-order valence-corrected chi connectivity index (χ3v) is 6.68. The van der Waals surface area contributed by atoms with Crippen molar-refractivity contribution in [3.8, 4) is 0 Å². The molecule has 1 saturated heterocycles. The number of para-hydroxylation sites is 2. The lowest BCUT2D eigenvalue weighted by atomic mass is 10.1. The number of halogens is 1. The van der Waals surface area contributed by atoms with Crippen molar-refractivity contribution < 1.29 is 9.18 Å². The molecule has 7 heteroatoms. The maximum absolute atomic E-state index is 14.2. The standard InChI is InChI=1S/C27H29FN4O2/c1-18(2)16-32-17-20(24-19-8-4-6-10-22(19)29(3)25(24)27(32)34)26(33)31-14-12-30(13-15-31)23-11-7-5-9-21(23)28/h4-11,17-18H,12-16H2,1-3H3. The summed E-state index contributed by atoms with van der Waals surface area (Å²) < 4.78 is 17.8. The number of amides is 1. The molecule has 0 spiro atoms. The molecular formula is C27H29FN4O2. The van der Waals surface area contributed by atoms with Crippen molar-refractivity contribution in [1.29, 1.82) is 0 Å². The van der Waals surface area contributed by atoms with Crippen molar-refractivity contribution in [3.63, 3.8) is 0 Å². The van der Waals surface area contributed by atoms with Crippen LogP contribution in [0.3, 0.4) is 0 Å². The number of piperazine rings is 1. The van der Waals surface area contributed by atoms with Crippen LogP contribution in [0.2, 0.25) is 0 Å². The number of hydrogen-bond acceptors (Lipinski definition) is 3. The number of carbonyl (C=O) groups excluding carboxylic acids is 1. The molecule has 1 aliphatic heterocycles. The van der Waals surface area contributed by atoms with Gasteiger partial charge >= 0.3 is 0 Å². The Labute approximate surface area is 197 Å². The summed E-state index contributed by atoms with van der Waals surface area (Å²) in [7, 11) is 1.88. The van der Waals surface area contributed by atoms with Crippen LogP contribution >= 0.6 is 0 Å². The van der Waals surface area contributed by atoms with E-state index in [0.717, 1.165) is 10.9 Å². The van der Waals surface area contributed by atoms with E-state index >= 15 is 0 Å². The van der Waals surface area contributed by atoms with Crippen molar-refractivity contribution >= 4 is 33.4 Å². The molecule has 0 saturated carbocycles. The van der Waals surface area contributed by atoms with Crippen LogP contribution in [0, 0.1) is 11.7 Å². The summed E-state index contributed by atoms with van der Waals surface area (Å²) in [5.41, 5.74) is 2.51. The van der Waals surface area contributed by atoms with Crippen LogP contribution in [0.5, 0.6) is 0 Å². The minimum atomic E-state index is -0.250. The Morgan fingerprint density at radius 2 is 1.68 bits per heavy atom. The quantitative estimate of drug-likeness (QED) is 0.458. The van der Waals surface area contributed by atoms with Crippen LogP contribution in [0.4, 0.5) is 10.1 Å². The van der Waals surface area contributed by atoms with Gasteiger partial charge < -0.3 is 18.9 Å². The smallest absolute Gasteiger partial charge is 0.275 e. The number of hydrogen-bond donors (Lipinski definition) is 0. The van der Waals surface area contributed by atoms with E-state index in [1.807, 2.05) is 51.7 Å². The molecule has 0 bridgehead atoms. The Kier molecular flexibility index (Phi) is 5.63. The Bertz CT molecular complexity index is 1440. The van der Waals surface area contributed by atoms with E-state index in [4.69, 9.17) is 0 Å². The van der Waals surface area contributed by atoms with Crippen molar-refractivity contribution in [1.82, 2.24) is 14.0 Å². The minimum Gasteiger partial charge on any atom is -0.366 e. The first-order chi connectivity index (χ1) is 16.4. The first-order valence-electron chi connectivity index (χ1n) is 11.8. The number of rotatable bonds is 4. The molecule has 2 aromatic carbocycles. The fraction of sp³-hybridized carbons (Fsp3) is 0.333. The summed E-state index contributed by atoms with van der Waals surface area (Å²) in [5.74, 6) is -0.0790. The number of carbonyl (C=O) groups is 1. The average molecular weight is 461 g/mol. The lowest BCUT2D eigenvalue weighted by Gasteiger charge is -2.36. The molecule has 1 fully saturated rings. The monoisotopic (exact) mass is 460 g/mol. The summed E-state index contributed by atoms with van der Waals surface area (Å²) in [6, 6.07) is 14.6. The van der Waals surface area contributed by atoms with Gasteiger partial charge in [-0.05, 0) is 24.1 Å². The molecule has 0 N–H and O–H groups in total. The Balaban J connectivity index is 1.56. The summed E-state index contributed by atoms with van der Waals surface area (Å²) in [4.78, 5) is 31.0. The van der Waals surface area contributed by atoms with Gasteiger partial charge in [-0.3, -0.25) is 9.59 Å². The van der Waals surface area contributed by atoms with Gasteiger partial charge in [0, 0.05) is 62.3 Å². The molecule has 1 aliphatic rings. The molecule has 176 valence electrons. The van der Waals surface area contributed by atoms with Crippen LogP contribution in [-0.2, 0) is 13.6 Å². The Morgan fingerprint density at radius 1 is 1.00 bits per heavy atom. The number of nitrogens with zero attached hydrogens (tertiary/aromatic N) is 4. The maximum Gasteiger partial charge on any atom is 0.275 e. The van der Waals surface area contributed by atoms with Crippen LogP contribution < -0.4 is 10.5 Å². The molecule has 2 aromatic heterocycles. The minimum absolute atomic E-state index is 0.0803. The first-order valence-corrected chi connectivity index (χ1v) is 11.8. The largest absolute Gasteiger partial charge is 0.366 e. The van der Waals surface area contributed by atoms with Crippen LogP contribution in [-0.4, -0.2) is 46.1 Å². The second-order valence-corrected chi connectivity index (χ2v) is 9.42. The van der Waals surface area contributed by atoms with Gasteiger partial charge in [-0.15, -0.1) is 0 Å². The van der Waals surface area contributed by atoms with E-state index in [2.05, 4.69) is 13.8 Å².